The van der Waals surface area contributed by atoms with Gasteiger partial charge < -0.3 is 9.88 Å². The second-order valence-electron chi connectivity index (χ2n) is 8.50. The minimum atomic E-state index is -0.166. The molecule has 3 aliphatic rings. The van der Waals surface area contributed by atoms with Crippen LogP contribution >= 0.6 is 0 Å². The average molecular weight is 394 g/mol. The molecular weight excluding hydrogens is 368 g/mol. The first-order valence-corrected chi connectivity index (χ1v) is 10.6. The summed E-state index contributed by atoms with van der Waals surface area (Å²) in [5, 5.41) is 2.90. The standard InChI is InChI=1S/C22H26N4O3/c1-2-25-16-6-4-3-5-15(16)24-17(25)12-23-18(27)9-10-26-21(28)19-13-7-8-14(11-13)20(19)22(26)29/h3-6,13-14,19-20H,2,7-12H2,1H3,(H,23,27)/t13-,14-,19-,20-/m0/s1. The largest absolute Gasteiger partial charge is 0.349 e. The van der Waals surface area contributed by atoms with Crippen molar-refractivity contribution in [2.45, 2.75) is 45.7 Å². The maximum absolute atomic E-state index is 12.7. The number of nitrogens with one attached hydrogen (secondary N) is 1. The van der Waals surface area contributed by atoms with Crippen LogP contribution in [-0.2, 0) is 27.5 Å². The van der Waals surface area contributed by atoms with Crippen LogP contribution in [0.1, 0.15) is 38.4 Å². The van der Waals surface area contributed by atoms with Gasteiger partial charge in [0.2, 0.25) is 17.7 Å². The van der Waals surface area contributed by atoms with Gasteiger partial charge in [0.1, 0.15) is 5.82 Å². The zero-order valence-electron chi connectivity index (χ0n) is 16.6. The fourth-order valence-corrected chi connectivity index (χ4v) is 5.78. The first kappa shape index (κ1) is 18.3. The fourth-order valence-electron chi connectivity index (χ4n) is 5.78. The number of benzene rings is 1. The molecule has 2 aromatic rings. The highest BCUT2D eigenvalue weighted by Crippen LogP contribution is 2.56. The molecule has 0 radical (unpaired) electrons. The number of imide groups is 1. The molecule has 152 valence electrons. The van der Waals surface area contributed by atoms with Crippen molar-refractivity contribution in [1.29, 1.82) is 0 Å². The van der Waals surface area contributed by atoms with E-state index in [0.29, 0.717) is 18.4 Å². The van der Waals surface area contributed by atoms with E-state index in [4.69, 9.17) is 0 Å². The summed E-state index contributed by atoms with van der Waals surface area (Å²) in [5.41, 5.74) is 1.96. The first-order chi connectivity index (χ1) is 14.1. The van der Waals surface area contributed by atoms with Crippen LogP contribution in [-0.4, -0.2) is 38.7 Å². The summed E-state index contributed by atoms with van der Waals surface area (Å²) < 4.78 is 2.08. The number of para-hydroxylation sites is 2. The summed E-state index contributed by atoms with van der Waals surface area (Å²) in [6.45, 7) is 3.33. The number of fused-ring (bicyclic) bond motifs is 6. The summed E-state index contributed by atoms with van der Waals surface area (Å²) in [4.78, 5) is 43.8. The minimum absolute atomic E-state index is 0.0484. The van der Waals surface area contributed by atoms with Gasteiger partial charge in [0.15, 0.2) is 0 Å². The van der Waals surface area contributed by atoms with E-state index in [1.54, 1.807) is 0 Å². The summed E-state index contributed by atoms with van der Waals surface area (Å²) in [6, 6.07) is 7.90. The first-order valence-electron chi connectivity index (χ1n) is 10.6. The molecule has 7 nitrogen and oxygen atoms in total. The van der Waals surface area contributed by atoms with Gasteiger partial charge in [-0.15, -0.1) is 0 Å². The van der Waals surface area contributed by atoms with E-state index in [2.05, 4.69) is 14.9 Å². The van der Waals surface area contributed by atoms with E-state index in [9.17, 15) is 14.4 Å². The molecule has 2 aliphatic carbocycles. The lowest BCUT2D eigenvalue weighted by molar-refractivity contribution is -0.141. The molecule has 4 atom stereocenters. The van der Waals surface area contributed by atoms with Crippen LogP contribution in [0.2, 0.25) is 0 Å². The molecule has 0 spiro atoms. The van der Waals surface area contributed by atoms with Gasteiger partial charge in [0, 0.05) is 19.5 Å². The molecule has 1 aromatic carbocycles. The Labute approximate surface area is 169 Å². The Balaban J connectivity index is 1.19. The quantitative estimate of drug-likeness (QED) is 0.761. The van der Waals surface area contributed by atoms with Gasteiger partial charge >= 0.3 is 0 Å². The van der Waals surface area contributed by atoms with E-state index >= 15 is 0 Å². The van der Waals surface area contributed by atoms with Crippen LogP contribution in [0, 0.1) is 23.7 Å². The number of aryl methyl sites for hydroxylation is 1. The molecular formula is C22H26N4O3. The maximum atomic E-state index is 12.7. The molecule has 0 unspecified atom stereocenters. The van der Waals surface area contributed by atoms with E-state index < -0.39 is 0 Å². The summed E-state index contributed by atoms with van der Waals surface area (Å²) in [6.07, 6.45) is 3.30. The molecule has 1 saturated heterocycles. The van der Waals surface area contributed by atoms with Crippen molar-refractivity contribution in [3.63, 3.8) is 0 Å². The third-order valence-corrected chi connectivity index (χ3v) is 7.07. The molecule has 3 fully saturated rings. The molecule has 29 heavy (non-hydrogen) atoms. The number of carbonyl (C=O) groups excluding carboxylic acids is 3. The highest BCUT2D eigenvalue weighted by molar-refractivity contribution is 6.06. The van der Waals surface area contributed by atoms with Gasteiger partial charge in [-0.2, -0.15) is 0 Å². The molecule has 7 heteroatoms. The fraction of sp³-hybridized carbons (Fsp3) is 0.545. The highest BCUT2D eigenvalue weighted by Gasteiger charge is 2.60. The summed E-state index contributed by atoms with van der Waals surface area (Å²) >= 11 is 0. The molecule has 1 aromatic heterocycles. The molecule has 1 N–H and O–H groups in total. The Bertz CT molecular complexity index is 969. The van der Waals surface area contributed by atoms with Gasteiger partial charge in [-0.05, 0) is 50.2 Å². The average Bonchev–Trinajstić information content (AvgIpc) is 3.47. The van der Waals surface area contributed by atoms with E-state index in [-0.39, 0.29) is 42.5 Å². The van der Waals surface area contributed by atoms with Crippen molar-refractivity contribution in [2.24, 2.45) is 23.7 Å². The van der Waals surface area contributed by atoms with Gasteiger partial charge in [-0.25, -0.2) is 4.98 Å². The van der Waals surface area contributed by atoms with Gasteiger partial charge in [-0.1, -0.05) is 12.1 Å². The second-order valence-corrected chi connectivity index (χ2v) is 8.50. The van der Waals surface area contributed by atoms with E-state index in [1.807, 2.05) is 31.2 Å². The Morgan fingerprint density at radius 1 is 1.14 bits per heavy atom. The number of imidazole rings is 1. The Morgan fingerprint density at radius 3 is 2.52 bits per heavy atom. The number of carbonyl (C=O) groups is 3. The third kappa shape index (κ3) is 2.86. The van der Waals surface area contributed by atoms with Crippen molar-refractivity contribution in [3.8, 4) is 0 Å². The zero-order chi connectivity index (χ0) is 20.1. The maximum Gasteiger partial charge on any atom is 0.233 e. The van der Waals surface area contributed by atoms with Crippen molar-refractivity contribution in [2.75, 3.05) is 6.54 Å². The monoisotopic (exact) mass is 394 g/mol. The second kappa shape index (κ2) is 6.97. The van der Waals surface area contributed by atoms with Crippen LogP contribution < -0.4 is 5.32 Å². The number of hydrogen-bond acceptors (Lipinski definition) is 4. The number of likely N-dealkylation sites (tertiary alicyclic amines) is 1. The van der Waals surface area contributed by atoms with Crippen LogP contribution in [0.4, 0.5) is 0 Å². The highest BCUT2D eigenvalue weighted by atomic mass is 16.2. The molecule has 2 heterocycles. The molecule has 2 bridgehead atoms. The SMILES string of the molecule is CCn1c(CNC(=O)CCN2C(=O)[C@H]3[C@H]4CC[C@@H](C4)[C@@H]3C2=O)nc2ccccc21. The lowest BCUT2D eigenvalue weighted by Gasteiger charge is -2.19. The number of rotatable bonds is 6. The Morgan fingerprint density at radius 2 is 1.83 bits per heavy atom. The van der Waals surface area contributed by atoms with Crippen LogP contribution in [0.25, 0.3) is 11.0 Å². The summed E-state index contributed by atoms with van der Waals surface area (Å²) in [7, 11) is 0. The molecule has 5 rings (SSSR count). The molecule has 1 aliphatic heterocycles. The lowest BCUT2D eigenvalue weighted by Crippen LogP contribution is -2.36. The minimum Gasteiger partial charge on any atom is -0.349 e. The van der Waals surface area contributed by atoms with Gasteiger partial charge in [0.05, 0.1) is 29.4 Å². The topological polar surface area (TPSA) is 84.3 Å². The van der Waals surface area contributed by atoms with Crippen molar-refractivity contribution >= 4 is 28.8 Å². The van der Waals surface area contributed by atoms with Crippen LogP contribution in [0.3, 0.4) is 0 Å². The van der Waals surface area contributed by atoms with Crippen molar-refractivity contribution in [3.05, 3.63) is 30.1 Å². The van der Waals surface area contributed by atoms with Crippen LogP contribution in [0.15, 0.2) is 24.3 Å². The van der Waals surface area contributed by atoms with E-state index in [1.165, 1.54) is 4.90 Å². The smallest absolute Gasteiger partial charge is 0.233 e. The van der Waals surface area contributed by atoms with Gasteiger partial charge in [0.25, 0.3) is 0 Å². The number of hydrogen-bond donors (Lipinski definition) is 1. The lowest BCUT2D eigenvalue weighted by atomic mass is 9.81. The number of nitrogens with zero attached hydrogens (tertiary/aromatic N) is 3. The number of aromatic nitrogens is 2. The predicted molar refractivity (Wildman–Crippen MR) is 106 cm³/mol. The molecule has 2 saturated carbocycles. The molecule has 3 amide bonds. The van der Waals surface area contributed by atoms with Gasteiger partial charge in [-0.3, -0.25) is 19.3 Å². The number of amides is 3. The zero-order valence-corrected chi connectivity index (χ0v) is 16.6. The van der Waals surface area contributed by atoms with E-state index in [0.717, 1.165) is 42.7 Å². The normalized spacial score (nSPS) is 27.8. The van der Waals surface area contributed by atoms with Crippen molar-refractivity contribution < 1.29 is 14.4 Å². The Hall–Kier alpha value is -2.70. The summed E-state index contributed by atoms with van der Waals surface area (Å²) in [5.74, 6) is 1.06. The van der Waals surface area contributed by atoms with Crippen molar-refractivity contribution in [1.82, 2.24) is 19.8 Å². The third-order valence-electron chi connectivity index (χ3n) is 7.07. The van der Waals surface area contributed by atoms with Crippen LogP contribution in [0.5, 0.6) is 0 Å². The predicted octanol–water partition coefficient (Wildman–Crippen LogP) is 2.09. The Kier molecular flexibility index (Phi) is 4.41.